The fourth-order valence-electron chi connectivity index (χ4n) is 1.78. The minimum Gasteiger partial charge on any atom is -0.372 e. The second kappa shape index (κ2) is 7.45. The maximum Gasteiger partial charge on any atom is 0.411 e. The number of likely N-dealkylation sites (N-methyl/N-ethyl adjacent to an activating group) is 1. The molecule has 1 aromatic rings. The van der Waals surface area contributed by atoms with E-state index in [-0.39, 0.29) is 18.3 Å². The Kier molecular flexibility index (Phi) is 6.24. The van der Waals surface area contributed by atoms with E-state index in [2.05, 4.69) is 10.1 Å². The van der Waals surface area contributed by atoms with Crippen LogP contribution in [0.15, 0.2) is 24.3 Å². The summed E-state index contributed by atoms with van der Waals surface area (Å²) in [6.45, 7) is -0.618. The minimum atomic E-state index is -4.30. The molecular formula is C13H17F4NO. The molecule has 108 valence electrons. The normalized spacial score (nSPS) is 13.5. The van der Waals surface area contributed by atoms with Crippen molar-refractivity contribution in [2.75, 3.05) is 26.8 Å². The van der Waals surface area contributed by atoms with Crippen molar-refractivity contribution in [1.29, 1.82) is 0 Å². The van der Waals surface area contributed by atoms with Crippen molar-refractivity contribution in [3.63, 3.8) is 0 Å². The third-order valence-corrected chi connectivity index (χ3v) is 2.67. The van der Waals surface area contributed by atoms with Gasteiger partial charge >= 0.3 is 6.18 Å². The van der Waals surface area contributed by atoms with Crippen LogP contribution < -0.4 is 5.32 Å². The van der Waals surface area contributed by atoms with Crippen molar-refractivity contribution in [1.82, 2.24) is 5.32 Å². The summed E-state index contributed by atoms with van der Waals surface area (Å²) >= 11 is 0. The average molecular weight is 279 g/mol. The number of alkyl halides is 3. The van der Waals surface area contributed by atoms with Gasteiger partial charge in [0.2, 0.25) is 0 Å². The average Bonchev–Trinajstić information content (AvgIpc) is 2.33. The molecule has 1 N–H and O–H groups in total. The molecule has 0 saturated carbocycles. The fraction of sp³-hybridized carbons (Fsp3) is 0.538. The Balaban J connectivity index is 2.47. The van der Waals surface area contributed by atoms with Gasteiger partial charge in [0.15, 0.2) is 0 Å². The molecule has 0 aliphatic heterocycles. The Morgan fingerprint density at radius 3 is 2.37 bits per heavy atom. The maximum atomic E-state index is 12.8. The van der Waals surface area contributed by atoms with Gasteiger partial charge in [-0.05, 0) is 37.1 Å². The first kappa shape index (κ1) is 15.9. The first-order valence-corrected chi connectivity index (χ1v) is 5.97. The molecule has 0 aliphatic rings. The van der Waals surface area contributed by atoms with E-state index in [9.17, 15) is 17.6 Å². The highest BCUT2D eigenvalue weighted by Crippen LogP contribution is 2.20. The summed E-state index contributed by atoms with van der Waals surface area (Å²) in [6, 6.07) is 5.96. The fourth-order valence-corrected chi connectivity index (χ4v) is 1.78. The quantitative estimate of drug-likeness (QED) is 0.611. The number of rotatable bonds is 7. The highest BCUT2D eigenvalue weighted by molar-refractivity contribution is 5.20. The zero-order valence-electron chi connectivity index (χ0n) is 10.6. The second-order valence-electron chi connectivity index (χ2n) is 4.26. The molecule has 0 fully saturated rings. The zero-order valence-corrected chi connectivity index (χ0v) is 10.6. The third-order valence-electron chi connectivity index (χ3n) is 2.67. The Morgan fingerprint density at radius 1 is 1.21 bits per heavy atom. The van der Waals surface area contributed by atoms with Crippen LogP contribution in [0.2, 0.25) is 0 Å². The third kappa shape index (κ3) is 6.54. The van der Waals surface area contributed by atoms with E-state index in [1.165, 1.54) is 12.1 Å². The highest BCUT2D eigenvalue weighted by Gasteiger charge is 2.27. The predicted molar refractivity (Wildman–Crippen MR) is 64.6 cm³/mol. The summed E-state index contributed by atoms with van der Waals surface area (Å²) in [5.41, 5.74) is 0.881. The second-order valence-corrected chi connectivity index (χ2v) is 4.26. The van der Waals surface area contributed by atoms with E-state index in [1.54, 1.807) is 19.2 Å². The molecule has 0 spiro atoms. The topological polar surface area (TPSA) is 21.3 Å². The van der Waals surface area contributed by atoms with E-state index in [1.807, 2.05) is 0 Å². The van der Waals surface area contributed by atoms with Gasteiger partial charge in [-0.1, -0.05) is 12.1 Å². The summed E-state index contributed by atoms with van der Waals surface area (Å²) < 4.78 is 53.2. The van der Waals surface area contributed by atoms with Crippen LogP contribution in [-0.4, -0.2) is 33.0 Å². The molecule has 1 atom stereocenters. The van der Waals surface area contributed by atoms with Gasteiger partial charge in [0, 0.05) is 13.2 Å². The van der Waals surface area contributed by atoms with E-state index in [0.29, 0.717) is 13.0 Å². The van der Waals surface area contributed by atoms with Gasteiger partial charge in [-0.25, -0.2) is 4.39 Å². The van der Waals surface area contributed by atoms with Gasteiger partial charge in [-0.15, -0.1) is 0 Å². The molecule has 1 unspecified atom stereocenters. The number of ether oxygens (including phenoxy) is 1. The predicted octanol–water partition coefficient (Wildman–Crippen LogP) is 3.10. The molecule has 1 rings (SSSR count). The largest absolute Gasteiger partial charge is 0.411 e. The monoisotopic (exact) mass is 279 g/mol. The molecule has 0 heterocycles. The van der Waals surface area contributed by atoms with E-state index >= 15 is 0 Å². The van der Waals surface area contributed by atoms with Gasteiger partial charge in [-0.2, -0.15) is 13.2 Å². The molecule has 0 amide bonds. The van der Waals surface area contributed by atoms with Crippen molar-refractivity contribution in [2.24, 2.45) is 0 Å². The Bertz CT molecular complexity index is 364. The van der Waals surface area contributed by atoms with Crippen molar-refractivity contribution >= 4 is 0 Å². The summed E-state index contributed by atoms with van der Waals surface area (Å²) in [5, 5.41) is 2.97. The summed E-state index contributed by atoms with van der Waals surface area (Å²) in [4.78, 5) is 0. The Labute approximate surface area is 109 Å². The molecule has 0 radical (unpaired) electrons. The minimum absolute atomic E-state index is 0.00108. The van der Waals surface area contributed by atoms with Crippen LogP contribution in [0.5, 0.6) is 0 Å². The van der Waals surface area contributed by atoms with Crippen molar-refractivity contribution in [3.8, 4) is 0 Å². The Hall–Kier alpha value is -1.14. The van der Waals surface area contributed by atoms with Gasteiger partial charge in [-0.3, -0.25) is 0 Å². The molecule has 0 aliphatic carbocycles. The lowest BCUT2D eigenvalue weighted by Crippen LogP contribution is -2.21. The molecule has 6 heteroatoms. The lowest BCUT2D eigenvalue weighted by atomic mass is 9.96. The summed E-state index contributed by atoms with van der Waals surface area (Å²) in [6.07, 6.45) is -3.85. The van der Waals surface area contributed by atoms with E-state index in [0.717, 1.165) is 5.56 Å². The standard InChI is InChI=1S/C13H17F4NO/c1-18-8-11(6-7-19-9-13(15,16)17)10-2-4-12(14)5-3-10/h2-5,11,18H,6-9H2,1H3. The van der Waals surface area contributed by atoms with Gasteiger partial charge in [0.05, 0.1) is 0 Å². The molecule has 2 nitrogen and oxygen atoms in total. The van der Waals surface area contributed by atoms with Crippen LogP contribution >= 0.6 is 0 Å². The summed E-state index contributed by atoms with van der Waals surface area (Å²) in [5.74, 6) is -0.334. The van der Waals surface area contributed by atoms with Crippen molar-refractivity contribution in [3.05, 3.63) is 35.6 Å². The molecule has 0 aromatic heterocycles. The highest BCUT2D eigenvalue weighted by atomic mass is 19.4. The zero-order chi connectivity index (χ0) is 14.3. The van der Waals surface area contributed by atoms with Crippen LogP contribution in [0.4, 0.5) is 17.6 Å². The molecule has 19 heavy (non-hydrogen) atoms. The van der Waals surface area contributed by atoms with E-state index in [4.69, 9.17) is 0 Å². The van der Waals surface area contributed by atoms with Gasteiger partial charge < -0.3 is 10.1 Å². The van der Waals surface area contributed by atoms with Crippen LogP contribution in [-0.2, 0) is 4.74 Å². The molecular weight excluding hydrogens is 262 g/mol. The SMILES string of the molecule is CNCC(CCOCC(F)(F)F)c1ccc(F)cc1. The smallest absolute Gasteiger partial charge is 0.372 e. The first-order chi connectivity index (χ1) is 8.92. The number of halogens is 4. The van der Waals surface area contributed by atoms with Gasteiger partial charge in [0.1, 0.15) is 12.4 Å². The van der Waals surface area contributed by atoms with Crippen LogP contribution in [0.1, 0.15) is 17.9 Å². The van der Waals surface area contributed by atoms with Crippen molar-refractivity contribution < 1.29 is 22.3 Å². The van der Waals surface area contributed by atoms with Crippen LogP contribution in [0.3, 0.4) is 0 Å². The number of hydrogen-bond donors (Lipinski definition) is 1. The maximum absolute atomic E-state index is 12.8. The van der Waals surface area contributed by atoms with Crippen LogP contribution in [0, 0.1) is 5.82 Å². The molecule has 0 bridgehead atoms. The van der Waals surface area contributed by atoms with Crippen LogP contribution in [0.25, 0.3) is 0 Å². The lowest BCUT2D eigenvalue weighted by molar-refractivity contribution is -0.174. The molecule has 0 saturated heterocycles. The number of benzene rings is 1. The number of nitrogens with one attached hydrogen (secondary N) is 1. The van der Waals surface area contributed by atoms with Gasteiger partial charge in [0.25, 0.3) is 0 Å². The summed E-state index contributed by atoms with van der Waals surface area (Å²) in [7, 11) is 1.76. The first-order valence-electron chi connectivity index (χ1n) is 5.97. The molecule has 1 aromatic carbocycles. The van der Waals surface area contributed by atoms with E-state index < -0.39 is 12.8 Å². The lowest BCUT2D eigenvalue weighted by Gasteiger charge is -2.17. The number of hydrogen-bond acceptors (Lipinski definition) is 2. The Morgan fingerprint density at radius 2 is 1.84 bits per heavy atom. The van der Waals surface area contributed by atoms with Crippen molar-refractivity contribution in [2.45, 2.75) is 18.5 Å².